The summed E-state index contributed by atoms with van der Waals surface area (Å²) < 4.78 is 4.97. The van der Waals surface area contributed by atoms with Gasteiger partial charge < -0.3 is 20.1 Å². The van der Waals surface area contributed by atoms with E-state index in [1.165, 1.54) is 0 Å². The first kappa shape index (κ1) is 9.28. The predicted molar refractivity (Wildman–Crippen MR) is 41.4 cm³/mol. The monoisotopic (exact) mass is 180 g/mol. The first-order valence-corrected chi connectivity index (χ1v) is 3.97. The van der Waals surface area contributed by atoms with Crippen molar-refractivity contribution in [1.82, 2.24) is 0 Å². The lowest BCUT2D eigenvalue weighted by Gasteiger charge is -2.33. The molecule has 0 aliphatic carbocycles. The Hall–Kier alpha value is 0.190. The fourth-order valence-electron chi connectivity index (χ4n) is 1.04. The Balaban J connectivity index is 2.48. The molecule has 1 heterocycles. The van der Waals surface area contributed by atoms with Gasteiger partial charge in [0, 0.05) is 6.42 Å². The van der Waals surface area contributed by atoms with E-state index in [0.717, 1.165) is 0 Å². The van der Waals surface area contributed by atoms with E-state index in [-0.39, 0.29) is 13.0 Å². The standard InChI is InChI=1S/C6H12O4S/c7-2-5-3(8)1-4(9)6(11)10-5/h3-9,11H,1-2H2/t3-,4-,5+,6-/m1/s1. The summed E-state index contributed by atoms with van der Waals surface area (Å²) in [4.78, 5) is 0. The van der Waals surface area contributed by atoms with E-state index in [0.29, 0.717) is 0 Å². The number of aliphatic hydroxyl groups excluding tert-OH is 3. The van der Waals surface area contributed by atoms with Gasteiger partial charge in [-0.25, -0.2) is 0 Å². The van der Waals surface area contributed by atoms with Gasteiger partial charge in [0.15, 0.2) is 0 Å². The number of hydrogen-bond acceptors (Lipinski definition) is 5. The van der Waals surface area contributed by atoms with E-state index in [1.807, 2.05) is 0 Å². The van der Waals surface area contributed by atoms with Crippen LogP contribution in [0, 0.1) is 0 Å². The molecule has 0 amide bonds. The van der Waals surface area contributed by atoms with Crippen LogP contribution in [0.2, 0.25) is 0 Å². The van der Waals surface area contributed by atoms with Crippen molar-refractivity contribution in [2.45, 2.75) is 30.2 Å². The van der Waals surface area contributed by atoms with Crippen molar-refractivity contribution < 1.29 is 20.1 Å². The summed E-state index contributed by atoms with van der Waals surface area (Å²) in [5.41, 5.74) is -0.601. The molecule has 3 N–H and O–H groups in total. The first-order valence-electron chi connectivity index (χ1n) is 3.45. The zero-order valence-electron chi connectivity index (χ0n) is 5.92. The van der Waals surface area contributed by atoms with Gasteiger partial charge in [-0.3, -0.25) is 0 Å². The van der Waals surface area contributed by atoms with Crippen LogP contribution in [0.1, 0.15) is 6.42 Å². The Morgan fingerprint density at radius 2 is 2.00 bits per heavy atom. The van der Waals surface area contributed by atoms with E-state index in [1.54, 1.807) is 0 Å². The molecule has 0 saturated carbocycles. The molecule has 1 aliphatic rings. The number of thiol groups is 1. The molecule has 11 heavy (non-hydrogen) atoms. The predicted octanol–water partition coefficient (Wildman–Crippen LogP) is -1.25. The van der Waals surface area contributed by atoms with E-state index in [9.17, 15) is 5.11 Å². The Kier molecular flexibility index (Phi) is 3.15. The third-order valence-electron chi connectivity index (χ3n) is 1.74. The molecule has 1 rings (SSSR count). The molecular formula is C6H12O4S. The largest absolute Gasteiger partial charge is 0.394 e. The van der Waals surface area contributed by atoms with Crippen LogP contribution >= 0.6 is 12.6 Å². The summed E-state index contributed by atoms with van der Waals surface area (Å²) in [5, 5.41) is 27.0. The maximum Gasteiger partial charge on any atom is 0.127 e. The lowest BCUT2D eigenvalue weighted by atomic mass is 10.0. The second-order valence-electron chi connectivity index (χ2n) is 2.62. The fourth-order valence-corrected chi connectivity index (χ4v) is 1.32. The molecule has 0 aromatic carbocycles. The third kappa shape index (κ3) is 2.07. The van der Waals surface area contributed by atoms with Gasteiger partial charge in [0.05, 0.1) is 18.8 Å². The van der Waals surface area contributed by atoms with Crippen LogP contribution in [0.15, 0.2) is 0 Å². The highest BCUT2D eigenvalue weighted by atomic mass is 32.1. The number of ether oxygens (including phenoxy) is 1. The van der Waals surface area contributed by atoms with Gasteiger partial charge in [0.25, 0.3) is 0 Å². The summed E-state index contributed by atoms with van der Waals surface area (Å²) >= 11 is 3.92. The highest BCUT2D eigenvalue weighted by molar-refractivity contribution is 7.80. The van der Waals surface area contributed by atoms with E-state index in [2.05, 4.69) is 12.6 Å². The van der Waals surface area contributed by atoms with Crippen LogP contribution in [-0.4, -0.2) is 45.7 Å². The molecular weight excluding hydrogens is 168 g/mol. The smallest absolute Gasteiger partial charge is 0.127 e. The van der Waals surface area contributed by atoms with Crippen LogP contribution in [0.3, 0.4) is 0 Å². The molecule has 4 nitrogen and oxygen atoms in total. The average Bonchev–Trinajstić information content (AvgIpc) is 1.97. The molecule has 1 fully saturated rings. The Bertz CT molecular complexity index is 132. The molecule has 5 heteroatoms. The minimum absolute atomic E-state index is 0.208. The quantitative estimate of drug-likeness (QED) is 0.380. The Morgan fingerprint density at radius 1 is 1.36 bits per heavy atom. The van der Waals surface area contributed by atoms with Crippen LogP contribution in [0.25, 0.3) is 0 Å². The maximum atomic E-state index is 9.18. The zero-order chi connectivity index (χ0) is 8.43. The van der Waals surface area contributed by atoms with Crippen molar-refractivity contribution in [1.29, 1.82) is 0 Å². The first-order chi connectivity index (χ1) is 5.15. The van der Waals surface area contributed by atoms with E-state index < -0.39 is 23.7 Å². The summed E-state index contributed by atoms with van der Waals surface area (Å²) in [5.74, 6) is 0. The van der Waals surface area contributed by atoms with Gasteiger partial charge in [0.1, 0.15) is 11.5 Å². The van der Waals surface area contributed by atoms with Crippen molar-refractivity contribution >= 4 is 12.6 Å². The number of rotatable bonds is 1. The van der Waals surface area contributed by atoms with Crippen LogP contribution < -0.4 is 0 Å². The Labute approximate surface area is 70.2 Å². The summed E-state index contributed by atoms with van der Waals surface area (Å²) in [6.45, 7) is -0.245. The normalized spacial score (nSPS) is 45.8. The van der Waals surface area contributed by atoms with Gasteiger partial charge in [-0.05, 0) is 0 Å². The fraction of sp³-hybridized carbons (Fsp3) is 1.00. The second-order valence-corrected chi connectivity index (χ2v) is 3.13. The molecule has 0 aromatic rings. The molecule has 0 spiro atoms. The minimum atomic E-state index is -0.793. The molecule has 66 valence electrons. The van der Waals surface area contributed by atoms with Crippen molar-refractivity contribution in [2.24, 2.45) is 0 Å². The highest BCUT2D eigenvalue weighted by Crippen LogP contribution is 2.21. The van der Waals surface area contributed by atoms with Gasteiger partial charge in [-0.15, -0.1) is 12.6 Å². The minimum Gasteiger partial charge on any atom is -0.394 e. The number of hydrogen-bond donors (Lipinski definition) is 4. The molecule has 0 bridgehead atoms. The molecule has 0 radical (unpaired) electrons. The summed E-state index contributed by atoms with van der Waals surface area (Å²) in [6.07, 6.45) is -1.95. The summed E-state index contributed by atoms with van der Waals surface area (Å²) in [7, 11) is 0. The Morgan fingerprint density at radius 3 is 2.55 bits per heavy atom. The van der Waals surface area contributed by atoms with Crippen LogP contribution in [0.5, 0.6) is 0 Å². The van der Waals surface area contributed by atoms with Crippen molar-refractivity contribution in [2.75, 3.05) is 6.61 Å². The van der Waals surface area contributed by atoms with Crippen LogP contribution in [0.4, 0.5) is 0 Å². The van der Waals surface area contributed by atoms with E-state index in [4.69, 9.17) is 14.9 Å². The van der Waals surface area contributed by atoms with Gasteiger partial charge in [0.2, 0.25) is 0 Å². The van der Waals surface area contributed by atoms with Crippen LogP contribution in [-0.2, 0) is 4.74 Å². The molecule has 1 saturated heterocycles. The molecule has 4 atom stereocenters. The molecule has 1 aliphatic heterocycles. The lowest BCUT2D eigenvalue weighted by Crippen LogP contribution is -2.46. The maximum absolute atomic E-state index is 9.18. The second kappa shape index (κ2) is 3.73. The topological polar surface area (TPSA) is 69.9 Å². The average molecular weight is 180 g/mol. The number of aliphatic hydroxyl groups is 3. The lowest BCUT2D eigenvalue weighted by molar-refractivity contribution is -0.149. The summed E-state index contributed by atoms with van der Waals surface area (Å²) in [6, 6.07) is 0. The van der Waals surface area contributed by atoms with Crippen molar-refractivity contribution in [3.05, 3.63) is 0 Å². The SMILES string of the molecule is OC[C@@H]1O[C@H](S)[C@H](O)C[C@H]1O. The van der Waals surface area contributed by atoms with Gasteiger partial charge in [-0.2, -0.15) is 0 Å². The zero-order valence-corrected chi connectivity index (χ0v) is 6.82. The van der Waals surface area contributed by atoms with Gasteiger partial charge >= 0.3 is 0 Å². The van der Waals surface area contributed by atoms with Crippen molar-refractivity contribution in [3.63, 3.8) is 0 Å². The van der Waals surface area contributed by atoms with Gasteiger partial charge in [-0.1, -0.05) is 0 Å². The van der Waals surface area contributed by atoms with E-state index >= 15 is 0 Å². The third-order valence-corrected chi connectivity index (χ3v) is 2.20. The molecule has 0 unspecified atom stereocenters. The molecule has 0 aromatic heterocycles. The highest BCUT2D eigenvalue weighted by Gasteiger charge is 2.33. The van der Waals surface area contributed by atoms with Crippen molar-refractivity contribution in [3.8, 4) is 0 Å².